The lowest BCUT2D eigenvalue weighted by atomic mass is 10.0. The molecule has 2 fully saturated rings. The smallest absolute Gasteiger partial charge is 0.326 e. The number of carboxylic acids is 1. The van der Waals surface area contributed by atoms with Crippen LogP contribution in [0.25, 0.3) is 0 Å². The van der Waals surface area contributed by atoms with Crippen molar-refractivity contribution in [1.29, 1.82) is 0 Å². The molecule has 0 radical (unpaired) electrons. The van der Waals surface area contributed by atoms with E-state index in [2.05, 4.69) is 0 Å². The average Bonchev–Trinajstić information content (AvgIpc) is 2.63. The molecule has 16 heavy (non-hydrogen) atoms. The summed E-state index contributed by atoms with van der Waals surface area (Å²) >= 11 is 0. The predicted octanol–water partition coefficient (Wildman–Crippen LogP) is 0.491. The first-order chi connectivity index (χ1) is 7.34. The van der Waals surface area contributed by atoms with Crippen LogP contribution in [0.4, 0.5) is 0 Å². The number of carboxylic acid groups (broad SMARTS) is 1. The number of carbonyl (C=O) groups excluding carboxylic acids is 2. The van der Waals surface area contributed by atoms with Gasteiger partial charge in [-0.2, -0.15) is 0 Å². The topological polar surface area (TPSA) is 74.7 Å². The van der Waals surface area contributed by atoms with E-state index in [1.54, 1.807) is 6.92 Å². The number of amides is 2. The monoisotopic (exact) mass is 225 g/mol. The summed E-state index contributed by atoms with van der Waals surface area (Å²) in [6, 6.07) is -0.997. The number of imide groups is 1. The lowest BCUT2D eigenvalue weighted by Crippen LogP contribution is -2.47. The molecule has 0 aromatic rings. The van der Waals surface area contributed by atoms with E-state index in [0.717, 1.165) is 4.90 Å². The Hall–Kier alpha value is -1.39. The van der Waals surface area contributed by atoms with E-state index in [0.29, 0.717) is 0 Å². The largest absolute Gasteiger partial charge is 0.480 e. The maximum Gasteiger partial charge on any atom is 0.326 e. The lowest BCUT2D eigenvalue weighted by Gasteiger charge is -2.25. The minimum absolute atomic E-state index is 0.257. The van der Waals surface area contributed by atoms with Gasteiger partial charge in [-0.3, -0.25) is 14.5 Å². The first-order valence-corrected chi connectivity index (χ1v) is 5.43. The van der Waals surface area contributed by atoms with Crippen LogP contribution in [0.5, 0.6) is 0 Å². The summed E-state index contributed by atoms with van der Waals surface area (Å²) in [5.41, 5.74) is -0.276. The van der Waals surface area contributed by atoms with Gasteiger partial charge in [0.25, 0.3) is 0 Å². The number of fused-ring (bicyclic) bond motifs is 1. The Morgan fingerprint density at radius 3 is 2.12 bits per heavy atom. The number of aliphatic carboxylic acids is 1. The van der Waals surface area contributed by atoms with Gasteiger partial charge in [0, 0.05) is 0 Å². The highest BCUT2D eigenvalue weighted by molar-refractivity contribution is 6.12. The molecule has 0 aromatic heterocycles. The van der Waals surface area contributed by atoms with Gasteiger partial charge >= 0.3 is 5.97 Å². The first kappa shape index (κ1) is 11.1. The number of nitrogens with zero attached hydrogens (tertiary/aromatic N) is 1. The summed E-state index contributed by atoms with van der Waals surface area (Å²) < 4.78 is 0. The Bertz CT molecular complexity index is 363. The molecule has 5 nitrogen and oxygen atoms in total. The van der Waals surface area contributed by atoms with Crippen molar-refractivity contribution in [2.24, 2.45) is 17.3 Å². The van der Waals surface area contributed by atoms with E-state index in [-0.39, 0.29) is 35.5 Å². The van der Waals surface area contributed by atoms with Crippen LogP contribution in [0.15, 0.2) is 0 Å². The number of likely N-dealkylation sites (tertiary alicyclic amines) is 1. The Morgan fingerprint density at radius 2 is 1.81 bits per heavy atom. The Balaban J connectivity index is 2.25. The molecule has 0 bridgehead atoms. The summed E-state index contributed by atoms with van der Waals surface area (Å²) in [6.07, 6.45) is 0.257. The van der Waals surface area contributed by atoms with Crippen molar-refractivity contribution < 1.29 is 19.5 Å². The third-order valence-electron chi connectivity index (χ3n) is 3.82. The number of hydrogen-bond donors (Lipinski definition) is 1. The quantitative estimate of drug-likeness (QED) is 0.709. The van der Waals surface area contributed by atoms with Gasteiger partial charge in [0.2, 0.25) is 11.8 Å². The van der Waals surface area contributed by atoms with Gasteiger partial charge in [0.1, 0.15) is 6.04 Å². The maximum atomic E-state index is 11.9. The molecule has 2 amide bonds. The SMILES string of the molecule is CCC(C(=O)O)N1C(=O)C2C(C1=O)C2(C)C. The molecule has 1 saturated carbocycles. The fourth-order valence-electron chi connectivity index (χ4n) is 2.74. The molecule has 1 heterocycles. The van der Waals surface area contributed by atoms with Gasteiger partial charge < -0.3 is 5.11 Å². The van der Waals surface area contributed by atoms with Gasteiger partial charge in [-0.05, 0) is 11.8 Å². The number of hydrogen-bond acceptors (Lipinski definition) is 3. The van der Waals surface area contributed by atoms with Crippen LogP contribution in [0.3, 0.4) is 0 Å². The lowest BCUT2D eigenvalue weighted by molar-refractivity contribution is -0.157. The summed E-state index contributed by atoms with van der Waals surface area (Å²) in [6.45, 7) is 5.41. The molecule has 0 spiro atoms. The third-order valence-corrected chi connectivity index (χ3v) is 3.82. The Labute approximate surface area is 93.4 Å². The molecular weight excluding hydrogens is 210 g/mol. The second kappa shape index (κ2) is 3.06. The maximum absolute atomic E-state index is 11.9. The summed E-state index contributed by atoms with van der Waals surface area (Å²) in [5, 5.41) is 8.95. The zero-order chi connectivity index (χ0) is 12.2. The van der Waals surface area contributed by atoms with Crippen molar-refractivity contribution in [1.82, 2.24) is 4.90 Å². The molecule has 2 aliphatic rings. The minimum atomic E-state index is -1.11. The van der Waals surface area contributed by atoms with Crippen LogP contribution in [-0.4, -0.2) is 33.8 Å². The number of rotatable bonds is 3. The van der Waals surface area contributed by atoms with E-state index < -0.39 is 12.0 Å². The molecule has 3 atom stereocenters. The molecule has 3 unspecified atom stereocenters. The van der Waals surface area contributed by atoms with Gasteiger partial charge in [0.05, 0.1) is 11.8 Å². The highest BCUT2D eigenvalue weighted by Gasteiger charge is 2.73. The predicted molar refractivity (Wildman–Crippen MR) is 54.3 cm³/mol. The van der Waals surface area contributed by atoms with Crippen molar-refractivity contribution in [3.8, 4) is 0 Å². The third kappa shape index (κ3) is 1.14. The second-order valence-corrected chi connectivity index (χ2v) is 5.09. The standard InChI is InChI=1S/C11H15NO4/c1-4-5(10(15)16)12-8(13)6-7(9(12)14)11(6,2)3/h5-7H,4H2,1-3H3,(H,15,16). The van der Waals surface area contributed by atoms with Gasteiger partial charge in [-0.1, -0.05) is 20.8 Å². The van der Waals surface area contributed by atoms with Crippen molar-refractivity contribution in [2.75, 3.05) is 0 Å². The molecule has 5 heteroatoms. The van der Waals surface area contributed by atoms with Crippen molar-refractivity contribution >= 4 is 17.8 Å². The fraction of sp³-hybridized carbons (Fsp3) is 0.727. The van der Waals surface area contributed by atoms with Crippen LogP contribution in [0.1, 0.15) is 27.2 Å². The number of carbonyl (C=O) groups is 3. The van der Waals surface area contributed by atoms with E-state index in [9.17, 15) is 14.4 Å². The van der Waals surface area contributed by atoms with E-state index in [4.69, 9.17) is 5.11 Å². The zero-order valence-corrected chi connectivity index (χ0v) is 9.56. The molecule has 0 aromatic carbocycles. The van der Waals surface area contributed by atoms with Gasteiger partial charge in [-0.15, -0.1) is 0 Å². The van der Waals surface area contributed by atoms with Crippen LogP contribution >= 0.6 is 0 Å². The van der Waals surface area contributed by atoms with Crippen molar-refractivity contribution in [2.45, 2.75) is 33.2 Å². The highest BCUT2D eigenvalue weighted by atomic mass is 16.4. The molecule has 1 N–H and O–H groups in total. The van der Waals surface area contributed by atoms with Crippen LogP contribution < -0.4 is 0 Å². The van der Waals surface area contributed by atoms with Crippen LogP contribution in [-0.2, 0) is 14.4 Å². The fourth-order valence-corrected chi connectivity index (χ4v) is 2.74. The minimum Gasteiger partial charge on any atom is -0.480 e. The Morgan fingerprint density at radius 1 is 1.38 bits per heavy atom. The van der Waals surface area contributed by atoms with Gasteiger partial charge in [0.15, 0.2) is 0 Å². The van der Waals surface area contributed by atoms with Gasteiger partial charge in [-0.25, -0.2) is 4.79 Å². The number of piperidine rings is 1. The summed E-state index contributed by atoms with van der Waals surface area (Å²) in [5.74, 6) is -2.33. The average molecular weight is 225 g/mol. The molecule has 1 aliphatic carbocycles. The van der Waals surface area contributed by atoms with Crippen molar-refractivity contribution in [3.63, 3.8) is 0 Å². The van der Waals surface area contributed by atoms with E-state index in [1.807, 2.05) is 13.8 Å². The summed E-state index contributed by atoms with van der Waals surface area (Å²) in [4.78, 5) is 35.7. The molecular formula is C11H15NO4. The van der Waals surface area contributed by atoms with E-state index >= 15 is 0 Å². The summed E-state index contributed by atoms with van der Waals surface area (Å²) in [7, 11) is 0. The normalized spacial score (nSPS) is 32.6. The zero-order valence-electron chi connectivity index (χ0n) is 9.56. The molecule has 2 rings (SSSR count). The van der Waals surface area contributed by atoms with Crippen LogP contribution in [0, 0.1) is 17.3 Å². The molecule has 1 saturated heterocycles. The highest BCUT2D eigenvalue weighted by Crippen LogP contribution is 2.63. The second-order valence-electron chi connectivity index (χ2n) is 5.09. The van der Waals surface area contributed by atoms with Crippen molar-refractivity contribution in [3.05, 3.63) is 0 Å². The first-order valence-electron chi connectivity index (χ1n) is 5.43. The van der Waals surface area contributed by atoms with E-state index in [1.165, 1.54) is 0 Å². The molecule has 88 valence electrons. The van der Waals surface area contributed by atoms with Crippen LogP contribution in [0.2, 0.25) is 0 Å². The molecule has 1 aliphatic heterocycles. The Kier molecular flexibility index (Phi) is 2.12.